The van der Waals surface area contributed by atoms with Crippen LogP contribution in [0.3, 0.4) is 0 Å². The quantitative estimate of drug-likeness (QED) is 0.744. The summed E-state index contributed by atoms with van der Waals surface area (Å²) in [7, 11) is 0. The summed E-state index contributed by atoms with van der Waals surface area (Å²) in [6.07, 6.45) is 0.962. The topological polar surface area (TPSA) is 75.6 Å². The molecule has 138 valence electrons. The van der Waals surface area contributed by atoms with Crippen LogP contribution in [0, 0.1) is 5.92 Å². The lowest BCUT2D eigenvalue weighted by atomic mass is 9.95. The highest BCUT2D eigenvalue weighted by atomic mass is 16.5. The van der Waals surface area contributed by atoms with E-state index in [9.17, 15) is 14.7 Å². The van der Waals surface area contributed by atoms with E-state index in [1.807, 2.05) is 26.0 Å². The van der Waals surface area contributed by atoms with Crippen molar-refractivity contribution in [2.75, 3.05) is 6.61 Å². The second-order valence-corrected chi connectivity index (χ2v) is 6.51. The molecule has 0 saturated heterocycles. The number of aromatic hydroxyl groups is 1. The Morgan fingerprint density at radius 1 is 1.12 bits per heavy atom. The van der Waals surface area contributed by atoms with E-state index in [1.165, 1.54) is 23.8 Å². The molecule has 0 spiro atoms. The van der Waals surface area contributed by atoms with Crippen LogP contribution in [0.2, 0.25) is 0 Å². The number of carbonyl (C=O) groups excluding carboxylic acids is 2. The molecule has 1 atom stereocenters. The number of aryl methyl sites for hydroxylation is 1. The summed E-state index contributed by atoms with van der Waals surface area (Å²) in [5.41, 5.74) is 2.46. The van der Waals surface area contributed by atoms with Crippen LogP contribution in [-0.2, 0) is 16.0 Å². The summed E-state index contributed by atoms with van der Waals surface area (Å²) in [6.45, 7) is 5.77. The predicted octanol–water partition coefficient (Wildman–Crippen LogP) is 3.62. The lowest BCUT2D eigenvalue weighted by Crippen LogP contribution is -2.35. The number of benzene rings is 2. The van der Waals surface area contributed by atoms with Crippen molar-refractivity contribution in [2.24, 2.45) is 5.92 Å². The minimum atomic E-state index is -0.649. The Bertz CT molecular complexity index is 753. The number of nitrogens with one attached hydrogen (secondary N) is 1. The van der Waals surface area contributed by atoms with Crippen molar-refractivity contribution < 1.29 is 19.4 Å². The molecular weight excluding hydrogens is 330 g/mol. The van der Waals surface area contributed by atoms with Gasteiger partial charge in [0.1, 0.15) is 5.75 Å². The van der Waals surface area contributed by atoms with Gasteiger partial charge in [-0.1, -0.05) is 51.1 Å². The molecule has 5 nitrogen and oxygen atoms in total. The number of ether oxygens (including phenoxy) is 1. The number of hydrogen-bond acceptors (Lipinski definition) is 4. The van der Waals surface area contributed by atoms with Crippen LogP contribution >= 0.6 is 0 Å². The summed E-state index contributed by atoms with van der Waals surface area (Å²) in [6, 6.07) is 13.8. The zero-order chi connectivity index (χ0) is 19.1. The molecule has 5 heteroatoms. The second-order valence-electron chi connectivity index (χ2n) is 6.51. The first kappa shape index (κ1) is 19.5. The minimum absolute atomic E-state index is 0.0284. The largest absolute Gasteiger partial charge is 0.508 e. The van der Waals surface area contributed by atoms with Crippen LogP contribution in [0.4, 0.5) is 0 Å². The lowest BCUT2D eigenvalue weighted by Gasteiger charge is -2.23. The monoisotopic (exact) mass is 355 g/mol. The molecule has 2 rings (SSSR count). The van der Waals surface area contributed by atoms with Gasteiger partial charge in [-0.15, -0.1) is 0 Å². The van der Waals surface area contributed by atoms with E-state index in [0.29, 0.717) is 0 Å². The molecule has 0 unspecified atom stereocenters. The zero-order valence-electron chi connectivity index (χ0n) is 15.4. The third-order valence-corrected chi connectivity index (χ3v) is 4.15. The molecular formula is C21H25NO4. The molecule has 0 aliphatic heterocycles. The Morgan fingerprint density at radius 3 is 2.38 bits per heavy atom. The van der Waals surface area contributed by atoms with Crippen LogP contribution in [0.15, 0.2) is 48.5 Å². The van der Waals surface area contributed by atoms with Crippen molar-refractivity contribution in [3.8, 4) is 5.75 Å². The van der Waals surface area contributed by atoms with Gasteiger partial charge in [0.05, 0.1) is 11.6 Å². The molecule has 1 amide bonds. The van der Waals surface area contributed by atoms with Gasteiger partial charge in [0, 0.05) is 0 Å². The maximum atomic E-state index is 12.2. The van der Waals surface area contributed by atoms with Crippen molar-refractivity contribution in [1.29, 1.82) is 0 Å². The number of carbonyl (C=O) groups is 2. The van der Waals surface area contributed by atoms with Crippen molar-refractivity contribution in [3.63, 3.8) is 0 Å². The lowest BCUT2D eigenvalue weighted by molar-refractivity contribution is -0.125. The Balaban J connectivity index is 1.96. The third-order valence-electron chi connectivity index (χ3n) is 4.15. The average Bonchev–Trinajstić information content (AvgIpc) is 2.64. The second kappa shape index (κ2) is 9.04. The number of hydrogen-bond donors (Lipinski definition) is 2. The van der Waals surface area contributed by atoms with Gasteiger partial charge in [0.15, 0.2) is 6.61 Å². The number of amides is 1. The molecule has 0 bridgehead atoms. The molecule has 2 N–H and O–H groups in total. The fourth-order valence-electron chi connectivity index (χ4n) is 2.66. The Kier molecular flexibility index (Phi) is 6.78. The summed E-state index contributed by atoms with van der Waals surface area (Å²) in [5, 5.41) is 12.3. The molecule has 0 heterocycles. The SMILES string of the molecule is CCc1ccc([C@H](NC(=O)COC(=O)c2cccc(O)c2)C(C)C)cc1. The summed E-state index contributed by atoms with van der Waals surface area (Å²) >= 11 is 0. The zero-order valence-corrected chi connectivity index (χ0v) is 15.4. The first-order valence-corrected chi connectivity index (χ1v) is 8.75. The number of phenols is 1. The van der Waals surface area contributed by atoms with E-state index < -0.39 is 5.97 Å². The summed E-state index contributed by atoms with van der Waals surface area (Å²) < 4.78 is 5.04. The molecule has 2 aromatic carbocycles. The summed E-state index contributed by atoms with van der Waals surface area (Å²) in [4.78, 5) is 24.2. The predicted molar refractivity (Wildman–Crippen MR) is 99.9 cm³/mol. The van der Waals surface area contributed by atoms with Crippen molar-refractivity contribution in [3.05, 3.63) is 65.2 Å². The van der Waals surface area contributed by atoms with Crippen molar-refractivity contribution in [1.82, 2.24) is 5.32 Å². The van der Waals surface area contributed by atoms with Crippen LogP contribution in [-0.4, -0.2) is 23.6 Å². The molecule has 0 aromatic heterocycles. The van der Waals surface area contributed by atoms with Gasteiger partial charge < -0.3 is 15.2 Å². The van der Waals surface area contributed by atoms with E-state index in [4.69, 9.17) is 4.74 Å². The van der Waals surface area contributed by atoms with E-state index in [-0.39, 0.29) is 35.8 Å². The Labute approximate surface area is 154 Å². The van der Waals surface area contributed by atoms with Gasteiger partial charge in [-0.25, -0.2) is 4.79 Å². The van der Waals surface area contributed by atoms with Crippen LogP contribution in [0.5, 0.6) is 5.75 Å². The Hall–Kier alpha value is -2.82. The average molecular weight is 355 g/mol. The highest BCUT2D eigenvalue weighted by Gasteiger charge is 2.19. The highest BCUT2D eigenvalue weighted by Crippen LogP contribution is 2.22. The van der Waals surface area contributed by atoms with Gasteiger partial charge in [0.2, 0.25) is 0 Å². The standard InChI is InChI=1S/C21H25NO4/c1-4-15-8-10-16(11-9-15)20(14(2)3)22-19(24)13-26-21(25)17-6-5-7-18(23)12-17/h5-12,14,20,23H,4,13H2,1-3H3,(H,22,24)/t20-/m1/s1. The number of rotatable bonds is 7. The van der Waals surface area contributed by atoms with Crippen molar-refractivity contribution >= 4 is 11.9 Å². The molecule has 0 aliphatic carbocycles. The fourth-order valence-corrected chi connectivity index (χ4v) is 2.66. The molecule has 0 radical (unpaired) electrons. The molecule has 0 aliphatic rings. The van der Waals surface area contributed by atoms with Gasteiger partial charge in [-0.2, -0.15) is 0 Å². The van der Waals surface area contributed by atoms with Crippen LogP contribution in [0.25, 0.3) is 0 Å². The maximum Gasteiger partial charge on any atom is 0.338 e. The van der Waals surface area contributed by atoms with Gasteiger partial charge in [0.25, 0.3) is 5.91 Å². The van der Waals surface area contributed by atoms with E-state index >= 15 is 0 Å². The molecule has 2 aromatic rings. The molecule has 26 heavy (non-hydrogen) atoms. The number of phenolic OH excluding ortho intramolecular Hbond substituents is 1. The van der Waals surface area contributed by atoms with E-state index in [2.05, 4.69) is 24.4 Å². The first-order valence-electron chi connectivity index (χ1n) is 8.75. The normalized spacial score (nSPS) is 11.8. The summed E-state index contributed by atoms with van der Waals surface area (Å²) in [5.74, 6) is -0.853. The van der Waals surface area contributed by atoms with Crippen molar-refractivity contribution in [2.45, 2.75) is 33.2 Å². The van der Waals surface area contributed by atoms with Gasteiger partial charge >= 0.3 is 5.97 Å². The van der Waals surface area contributed by atoms with Crippen LogP contribution < -0.4 is 5.32 Å². The minimum Gasteiger partial charge on any atom is -0.508 e. The van der Waals surface area contributed by atoms with Gasteiger partial charge in [-0.3, -0.25) is 4.79 Å². The van der Waals surface area contributed by atoms with E-state index in [0.717, 1.165) is 12.0 Å². The first-order chi connectivity index (χ1) is 12.4. The van der Waals surface area contributed by atoms with Crippen LogP contribution in [0.1, 0.15) is 48.3 Å². The van der Waals surface area contributed by atoms with Gasteiger partial charge in [-0.05, 0) is 41.7 Å². The van der Waals surface area contributed by atoms with E-state index in [1.54, 1.807) is 6.07 Å². The highest BCUT2D eigenvalue weighted by molar-refractivity contribution is 5.91. The molecule has 0 saturated carbocycles. The fraction of sp³-hybridized carbons (Fsp3) is 0.333. The third kappa shape index (κ3) is 5.34. The Morgan fingerprint density at radius 2 is 1.81 bits per heavy atom. The smallest absolute Gasteiger partial charge is 0.338 e. The molecule has 0 fully saturated rings. The maximum absolute atomic E-state index is 12.2. The number of esters is 1.